The van der Waals surface area contributed by atoms with Crippen LogP contribution in [0.3, 0.4) is 0 Å². The van der Waals surface area contributed by atoms with Gasteiger partial charge in [-0.15, -0.1) is 0 Å². The van der Waals surface area contributed by atoms with E-state index in [-0.39, 0.29) is 23.1 Å². The Morgan fingerprint density at radius 3 is 2.59 bits per heavy atom. The first-order valence-electron chi connectivity index (χ1n) is 8.98. The van der Waals surface area contributed by atoms with Crippen molar-refractivity contribution in [2.75, 3.05) is 12.3 Å². The number of likely N-dealkylation sites (tertiary alicyclic amines) is 1. The summed E-state index contributed by atoms with van der Waals surface area (Å²) in [5, 5.41) is 3.08. The number of fused-ring (bicyclic) bond motifs is 2. The van der Waals surface area contributed by atoms with E-state index in [9.17, 15) is 14.4 Å². The highest BCUT2D eigenvalue weighted by Gasteiger charge is 2.26. The fourth-order valence-corrected chi connectivity index (χ4v) is 4.33. The van der Waals surface area contributed by atoms with E-state index in [0.717, 1.165) is 17.2 Å². The Hall–Kier alpha value is -2.67. The number of thioether (sulfide) groups is 1. The first kappa shape index (κ1) is 17.7. The Morgan fingerprint density at radius 2 is 1.93 bits per heavy atom. The molecule has 27 heavy (non-hydrogen) atoms. The van der Waals surface area contributed by atoms with Crippen molar-refractivity contribution in [2.45, 2.75) is 31.5 Å². The first-order valence-corrected chi connectivity index (χ1v) is 9.96. The molecular formula is C20H19N3O3S. The molecule has 0 aliphatic carbocycles. The molecule has 3 aromatic rings. The van der Waals surface area contributed by atoms with Crippen LogP contribution in [0, 0.1) is 0 Å². The average Bonchev–Trinajstić information content (AvgIpc) is 3.11. The fourth-order valence-electron chi connectivity index (χ4n) is 3.39. The van der Waals surface area contributed by atoms with Crippen LogP contribution in [0.5, 0.6) is 0 Å². The number of amides is 2. The van der Waals surface area contributed by atoms with Crippen molar-refractivity contribution in [3.05, 3.63) is 46.8 Å². The zero-order valence-corrected chi connectivity index (χ0v) is 15.8. The number of hydrogen-bond donors (Lipinski definition) is 0. The smallest absolute Gasteiger partial charge is 0.262 e. The number of aromatic nitrogens is 2. The van der Waals surface area contributed by atoms with Crippen LogP contribution in [0.1, 0.15) is 19.8 Å². The molecule has 0 atom stereocenters. The zero-order valence-electron chi connectivity index (χ0n) is 15.0. The van der Waals surface area contributed by atoms with Gasteiger partial charge in [-0.3, -0.25) is 23.9 Å². The van der Waals surface area contributed by atoms with Crippen LogP contribution in [0.25, 0.3) is 21.7 Å². The third-order valence-corrected chi connectivity index (χ3v) is 5.76. The van der Waals surface area contributed by atoms with Gasteiger partial charge in [0.25, 0.3) is 5.56 Å². The molecule has 1 aliphatic rings. The van der Waals surface area contributed by atoms with Crippen LogP contribution in [0.2, 0.25) is 0 Å². The molecule has 6 nitrogen and oxygen atoms in total. The van der Waals surface area contributed by atoms with Crippen molar-refractivity contribution in [2.24, 2.45) is 0 Å². The van der Waals surface area contributed by atoms with E-state index in [1.165, 1.54) is 16.7 Å². The van der Waals surface area contributed by atoms with E-state index in [0.29, 0.717) is 35.6 Å². The number of benzene rings is 2. The average molecular weight is 381 g/mol. The summed E-state index contributed by atoms with van der Waals surface area (Å²) >= 11 is 1.21. The van der Waals surface area contributed by atoms with Crippen molar-refractivity contribution in [1.82, 2.24) is 14.5 Å². The summed E-state index contributed by atoms with van der Waals surface area (Å²) in [4.78, 5) is 42.9. The van der Waals surface area contributed by atoms with Crippen LogP contribution >= 0.6 is 11.8 Å². The SMILES string of the molecule is CCn1c(SCC(=O)N2CCCC2=O)nc2cc3ccccc3cc2c1=O. The van der Waals surface area contributed by atoms with E-state index in [4.69, 9.17) is 0 Å². The van der Waals surface area contributed by atoms with Crippen LogP contribution in [0.4, 0.5) is 0 Å². The van der Waals surface area contributed by atoms with E-state index in [1.807, 2.05) is 43.3 Å². The number of carbonyl (C=O) groups is 2. The van der Waals surface area contributed by atoms with Crippen LogP contribution in [0.15, 0.2) is 46.3 Å². The molecule has 0 saturated carbocycles. The van der Waals surface area contributed by atoms with E-state index < -0.39 is 0 Å². The van der Waals surface area contributed by atoms with E-state index >= 15 is 0 Å². The maximum Gasteiger partial charge on any atom is 0.262 e. The summed E-state index contributed by atoms with van der Waals surface area (Å²) in [6, 6.07) is 11.6. The second kappa shape index (κ2) is 7.15. The normalized spacial score (nSPS) is 14.4. The largest absolute Gasteiger partial charge is 0.287 e. The third kappa shape index (κ3) is 3.23. The van der Waals surface area contributed by atoms with Gasteiger partial charge in [0.05, 0.1) is 16.7 Å². The van der Waals surface area contributed by atoms with Crippen molar-refractivity contribution in [3.63, 3.8) is 0 Å². The van der Waals surface area contributed by atoms with Gasteiger partial charge in [-0.25, -0.2) is 4.98 Å². The molecular weight excluding hydrogens is 362 g/mol. The van der Waals surface area contributed by atoms with Gasteiger partial charge in [0, 0.05) is 19.5 Å². The van der Waals surface area contributed by atoms with Crippen molar-refractivity contribution in [3.8, 4) is 0 Å². The Balaban J connectivity index is 1.71. The van der Waals surface area contributed by atoms with Crippen molar-refractivity contribution in [1.29, 1.82) is 0 Å². The van der Waals surface area contributed by atoms with Gasteiger partial charge in [-0.1, -0.05) is 36.0 Å². The zero-order chi connectivity index (χ0) is 19.0. The summed E-state index contributed by atoms with van der Waals surface area (Å²) in [7, 11) is 0. The van der Waals surface area contributed by atoms with Gasteiger partial charge < -0.3 is 0 Å². The van der Waals surface area contributed by atoms with Crippen molar-refractivity contribution < 1.29 is 9.59 Å². The number of nitrogens with zero attached hydrogens (tertiary/aromatic N) is 3. The summed E-state index contributed by atoms with van der Waals surface area (Å²) in [5.74, 6) is -0.249. The molecule has 1 aliphatic heterocycles. The molecule has 0 spiro atoms. The lowest BCUT2D eigenvalue weighted by Gasteiger charge is -2.15. The topological polar surface area (TPSA) is 72.3 Å². The molecule has 0 N–H and O–H groups in total. The monoisotopic (exact) mass is 381 g/mol. The Kier molecular flexibility index (Phi) is 4.70. The molecule has 2 aromatic carbocycles. The molecule has 2 heterocycles. The number of imide groups is 1. The summed E-state index contributed by atoms with van der Waals surface area (Å²) in [5.41, 5.74) is 0.510. The molecule has 0 radical (unpaired) electrons. The van der Waals surface area contributed by atoms with E-state index in [1.54, 1.807) is 4.57 Å². The summed E-state index contributed by atoms with van der Waals surface area (Å²) in [6.45, 7) is 2.83. The Bertz CT molecular complexity index is 1120. The van der Waals surface area contributed by atoms with Gasteiger partial charge in [0.15, 0.2) is 5.16 Å². The van der Waals surface area contributed by atoms with Gasteiger partial charge in [-0.2, -0.15) is 0 Å². The highest BCUT2D eigenvalue weighted by molar-refractivity contribution is 7.99. The molecule has 2 amide bonds. The molecule has 7 heteroatoms. The fraction of sp³-hybridized carbons (Fsp3) is 0.300. The predicted octanol–water partition coefficient (Wildman–Crippen LogP) is 2.81. The second-order valence-corrected chi connectivity index (χ2v) is 7.43. The van der Waals surface area contributed by atoms with Crippen molar-refractivity contribution >= 4 is 45.3 Å². The molecule has 1 aromatic heterocycles. The maximum absolute atomic E-state index is 12.9. The summed E-state index contributed by atoms with van der Waals surface area (Å²) < 4.78 is 1.58. The van der Waals surface area contributed by atoms with Gasteiger partial charge >= 0.3 is 0 Å². The maximum atomic E-state index is 12.9. The molecule has 0 bridgehead atoms. The van der Waals surface area contributed by atoms with E-state index in [2.05, 4.69) is 4.98 Å². The lowest BCUT2D eigenvalue weighted by atomic mass is 10.1. The lowest BCUT2D eigenvalue weighted by Crippen LogP contribution is -2.33. The minimum absolute atomic E-state index is 0.0945. The van der Waals surface area contributed by atoms with Gasteiger partial charge in [0.1, 0.15) is 0 Å². The summed E-state index contributed by atoms with van der Waals surface area (Å²) in [6.07, 6.45) is 1.15. The molecule has 1 saturated heterocycles. The van der Waals surface area contributed by atoms with Gasteiger partial charge in [0.2, 0.25) is 11.8 Å². The highest BCUT2D eigenvalue weighted by atomic mass is 32.2. The number of hydrogen-bond acceptors (Lipinski definition) is 5. The number of carbonyl (C=O) groups excluding carboxylic acids is 2. The quantitative estimate of drug-likeness (QED) is 0.395. The van der Waals surface area contributed by atoms with Crippen LogP contribution < -0.4 is 5.56 Å². The number of rotatable bonds is 4. The Labute approximate surface area is 160 Å². The lowest BCUT2D eigenvalue weighted by molar-refractivity contribution is -0.140. The minimum atomic E-state index is -0.224. The minimum Gasteiger partial charge on any atom is -0.287 e. The second-order valence-electron chi connectivity index (χ2n) is 6.49. The predicted molar refractivity (Wildman–Crippen MR) is 106 cm³/mol. The van der Waals surface area contributed by atoms with Crippen LogP contribution in [-0.4, -0.2) is 38.6 Å². The molecule has 138 valence electrons. The van der Waals surface area contributed by atoms with Crippen LogP contribution in [-0.2, 0) is 16.1 Å². The highest BCUT2D eigenvalue weighted by Crippen LogP contribution is 2.23. The molecule has 0 unspecified atom stereocenters. The molecule has 1 fully saturated rings. The molecule has 4 rings (SSSR count). The Morgan fingerprint density at radius 1 is 1.19 bits per heavy atom. The first-order chi connectivity index (χ1) is 13.1. The third-order valence-electron chi connectivity index (χ3n) is 4.80. The van der Waals surface area contributed by atoms with Gasteiger partial charge in [-0.05, 0) is 36.2 Å². The standard InChI is InChI=1S/C20H19N3O3S/c1-2-22-19(26)15-10-13-6-3-4-7-14(13)11-16(15)21-20(22)27-12-18(25)23-9-5-8-17(23)24/h3-4,6-7,10-11H,2,5,8-9,12H2,1H3.